The number of anilines is 1. The van der Waals surface area contributed by atoms with Gasteiger partial charge in [0.05, 0.1) is 0 Å². The Kier molecular flexibility index (Phi) is 3.51. The van der Waals surface area contributed by atoms with Gasteiger partial charge in [-0.25, -0.2) is 4.98 Å². The molecule has 0 aliphatic heterocycles. The lowest BCUT2D eigenvalue weighted by molar-refractivity contribution is -0.117. The van der Waals surface area contributed by atoms with Crippen molar-refractivity contribution in [3.63, 3.8) is 0 Å². The van der Waals surface area contributed by atoms with E-state index < -0.39 is 0 Å². The van der Waals surface area contributed by atoms with Crippen LogP contribution in [-0.2, 0) is 11.8 Å². The van der Waals surface area contributed by atoms with Crippen LogP contribution in [0, 0.1) is 5.92 Å². The molecule has 1 amide bonds. The zero-order valence-corrected chi connectivity index (χ0v) is 12.2. The minimum absolute atomic E-state index is 0.0757. The molecule has 0 saturated heterocycles. The van der Waals surface area contributed by atoms with Crippen LogP contribution in [0.15, 0.2) is 41.5 Å². The molecule has 0 bridgehead atoms. The molecule has 5 nitrogen and oxygen atoms in total. The van der Waals surface area contributed by atoms with E-state index in [1.54, 1.807) is 13.2 Å². The summed E-state index contributed by atoms with van der Waals surface area (Å²) in [5, 5.41) is 3.29. The Hall–Kier alpha value is -2.14. The highest BCUT2D eigenvalue weighted by Crippen LogP contribution is 2.48. The first kappa shape index (κ1) is 13.8. The Labute approximate surface area is 126 Å². The summed E-state index contributed by atoms with van der Waals surface area (Å²) >= 11 is 5.85. The van der Waals surface area contributed by atoms with Gasteiger partial charge in [0, 0.05) is 30.4 Å². The van der Waals surface area contributed by atoms with Gasteiger partial charge in [0.1, 0.15) is 0 Å². The summed E-state index contributed by atoms with van der Waals surface area (Å²) in [5.74, 6) is -0.00905. The fourth-order valence-corrected chi connectivity index (χ4v) is 2.48. The van der Waals surface area contributed by atoms with Crippen molar-refractivity contribution in [2.24, 2.45) is 13.0 Å². The lowest BCUT2D eigenvalue weighted by atomic mass is 10.1. The third kappa shape index (κ3) is 2.83. The van der Waals surface area contributed by atoms with Crippen molar-refractivity contribution in [2.75, 3.05) is 5.32 Å². The second-order valence-corrected chi connectivity index (χ2v) is 5.62. The maximum Gasteiger partial charge on any atom is 0.293 e. The topological polar surface area (TPSA) is 64.0 Å². The van der Waals surface area contributed by atoms with E-state index in [9.17, 15) is 9.59 Å². The summed E-state index contributed by atoms with van der Waals surface area (Å²) in [6.07, 6.45) is 3.81. The monoisotopic (exact) mass is 303 g/mol. The van der Waals surface area contributed by atoms with Gasteiger partial charge in [-0.3, -0.25) is 9.59 Å². The Morgan fingerprint density at radius 1 is 1.38 bits per heavy atom. The average molecular weight is 304 g/mol. The molecule has 1 aliphatic carbocycles. The largest absolute Gasteiger partial charge is 0.314 e. The van der Waals surface area contributed by atoms with E-state index >= 15 is 0 Å². The van der Waals surface area contributed by atoms with E-state index in [0.717, 1.165) is 12.0 Å². The Morgan fingerprint density at radius 2 is 2.10 bits per heavy atom. The van der Waals surface area contributed by atoms with Crippen LogP contribution >= 0.6 is 11.6 Å². The Balaban J connectivity index is 1.69. The number of nitrogens with one attached hydrogen (secondary N) is 1. The molecule has 0 radical (unpaired) electrons. The molecule has 1 aromatic heterocycles. The van der Waals surface area contributed by atoms with Crippen molar-refractivity contribution in [3.8, 4) is 0 Å². The maximum atomic E-state index is 12.2. The summed E-state index contributed by atoms with van der Waals surface area (Å²) in [4.78, 5) is 27.9. The summed E-state index contributed by atoms with van der Waals surface area (Å²) in [7, 11) is 1.62. The zero-order valence-electron chi connectivity index (χ0n) is 11.4. The first-order chi connectivity index (χ1) is 10.1. The van der Waals surface area contributed by atoms with Crippen LogP contribution in [0.2, 0.25) is 5.02 Å². The number of carbonyl (C=O) groups excluding carboxylic acids is 1. The summed E-state index contributed by atoms with van der Waals surface area (Å²) in [6.45, 7) is 0. The van der Waals surface area contributed by atoms with Gasteiger partial charge in [0.25, 0.3) is 5.56 Å². The molecule has 3 rings (SSSR count). The Morgan fingerprint density at radius 3 is 2.81 bits per heavy atom. The van der Waals surface area contributed by atoms with Crippen molar-refractivity contribution in [1.29, 1.82) is 0 Å². The lowest BCUT2D eigenvalue weighted by Crippen LogP contribution is -2.26. The van der Waals surface area contributed by atoms with Gasteiger partial charge in [-0.05, 0) is 30.0 Å². The van der Waals surface area contributed by atoms with Gasteiger partial charge >= 0.3 is 0 Å². The molecule has 1 saturated carbocycles. The summed E-state index contributed by atoms with van der Waals surface area (Å²) in [5.41, 5.74) is 0.781. The fourth-order valence-electron chi connectivity index (χ4n) is 2.36. The van der Waals surface area contributed by atoms with Crippen LogP contribution in [0.25, 0.3) is 0 Å². The molecule has 2 aromatic rings. The average Bonchev–Trinajstić information content (AvgIpc) is 3.25. The number of halogens is 1. The molecule has 1 N–H and O–H groups in total. The molecule has 108 valence electrons. The number of nitrogens with zero attached hydrogens (tertiary/aromatic N) is 2. The smallest absolute Gasteiger partial charge is 0.293 e. The second kappa shape index (κ2) is 5.33. The lowest BCUT2D eigenvalue weighted by Gasteiger charge is -2.05. The van der Waals surface area contributed by atoms with Crippen molar-refractivity contribution in [2.45, 2.75) is 12.3 Å². The SMILES string of the molecule is Cn1ccnc(NC(=O)[C@@H]2C[C@H]2c2ccc(Cl)cc2)c1=O. The third-order valence-electron chi connectivity index (χ3n) is 3.68. The number of benzene rings is 1. The zero-order chi connectivity index (χ0) is 15.0. The van der Waals surface area contributed by atoms with Crippen LogP contribution < -0.4 is 10.9 Å². The van der Waals surface area contributed by atoms with Gasteiger partial charge in [-0.15, -0.1) is 0 Å². The molecule has 0 spiro atoms. The normalized spacial score (nSPS) is 20.1. The number of hydrogen-bond donors (Lipinski definition) is 1. The van der Waals surface area contributed by atoms with Gasteiger partial charge in [0.2, 0.25) is 5.91 Å². The van der Waals surface area contributed by atoms with Crippen molar-refractivity contribution in [1.82, 2.24) is 9.55 Å². The standard InChI is InChI=1S/C15H14ClN3O2/c1-19-7-6-17-13(15(19)21)18-14(20)12-8-11(12)9-2-4-10(16)5-3-9/h2-7,11-12H,8H2,1H3,(H,17,18,20)/t11-,12+/m0/s1. The second-order valence-electron chi connectivity index (χ2n) is 5.18. The van der Waals surface area contributed by atoms with Crippen molar-refractivity contribution in [3.05, 3.63) is 57.6 Å². The van der Waals surface area contributed by atoms with E-state index in [4.69, 9.17) is 11.6 Å². The highest BCUT2D eigenvalue weighted by molar-refractivity contribution is 6.30. The minimum atomic E-state index is -0.311. The third-order valence-corrected chi connectivity index (χ3v) is 3.94. The maximum absolute atomic E-state index is 12.2. The predicted octanol–water partition coefficient (Wildman–Crippen LogP) is 2.18. The predicted molar refractivity (Wildman–Crippen MR) is 80.4 cm³/mol. The number of hydrogen-bond acceptors (Lipinski definition) is 3. The molecule has 1 fully saturated rings. The highest BCUT2D eigenvalue weighted by atomic mass is 35.5. The van der Waals surface area contributed by atoms with Crippen molar-refractivity contribution < 1.29 is 4.79 Å². The first-order valence-corrected chi connectivity index (χ1v) is 7.02. The molecule has 1 heterocycles. The number of carbonyl (C=O) groups is 1. The van der Waals surface area contributed by atoms with Crippen LogP contribution in [0.4, 0.5) is 5.82 Å². The van der Waals surface area contributed by atoms with Crippen LogP contribution in [-0.4, -0.2) is 15.5 Å². The molecule has 1 aliphatic rings. The van der Waals surface area contributed by atoms with Gasteiger partial charge in [-0.2, -0.15) is 0 Å². The molecular formula is C15H14ClN3O2. The number of aryl methyl sites for hydroxylation is 1. The van der Waals surface area contributed by atoms with E-state index in [2.05, 4.69) is 10.3 Å². The number of amides is 1. The molecule has 0 unspecified atom stereocenters. The van der Waals surface area contributed by atoms with Gasteiger partial charge < -0.3 is 9.88 Å². The van der Waals surface area contributed by atoms with E-state index in [0.29, 0.717) is 5.02 Å². The Bertz CT molecular complexity index is 739. The first-order valence-electron chi connectivity index (χ1n) is 6.64. The molecule has 1 aromatic carbocycles. The fraction of sp³-hybridized carbons (Fsp3) is 0.267. The minimum Gasteiger partial charge on any atom is -0.314 e. The summed E-state index contributed by atoms with van der Waals surface area (Å²) in [6, 6.07) is 7.50. The van der Waals surface area contributed by atoms with Gasteiger partial charge in [0.15, 0.2) is 5.82 Å². The van der Waals surface area contributed by atoms with Crippen LogP contribution in [0.1, 0.15) is 17.9 Å². The molecular weight excluding hydrogens is 290 g/mol. The number of aromatic nitrogens is 2. The molecule has 2 atom stereocenters. The van der Waals surface area contributed by atoms with Crippen LogP contribution in [0.3, 0.4) is 0 Å². The quantitative estimate of drug-likeness (QED) is 0.945. The van der Waals surface area contributed by atoms with E-state index in [-0.39, 0.29) is 29.1 Å². The van der Waals surface area contributed by atoms with Gasteiger partial charge in [-0.1, -0.05) is 23.7 Å². The molecule has 6 heteroatoms. The number of rotatable bonds is 3. The van der Waals surface area contributed by atoms with Crippen molar-refractivity contribution >= 4 is 23.3 Å². The van der Waals surface area contributed by atoms with Crippen LogP contribution in [0.5, 0.6) is 0 Å². The highest BCUT2D eigenvalue weighted by Gasteiger charge is 2.44. The van der Waals surface area contributed by atoms with E-state index in [1.807, 2.05) is 24.3 Å². The van der Waals surface area contributed by atoms with E-state index in [1.165, 1.54) is 10.8 Å². The summed E-state index contributed by atoms with van der Waals surface area (Å²) < 4.78 is 1.38. The molecule has 21 heavy (non-hydrogen) atoms.